The van der Waals surface area contributed by atoms with Crippen LogP contribution in [0.25, 0.3) is 0 Å². The standard InChI is InChI=1S/C22H19ClN4O6/c23-19-20(22(29)26(21(19)28)15-2-1-3-16(11-15)27(30)31)25-8-6-24(7-9-25)12-14-4-5-17-18(10-14)33-13-32-17/h1-5,10-11H,6-9,12-13H2. The maximum absolute atomic E-state index is 13.1. The van der Waals surface area contributed by atoms with Crippen molar-refractivity contribution in [1.29, 1.82) is 0 Å². The normalized spacial score (nSPS) is 18.5. The number of amides is 2. The van der Waals surface area contributed by atoms with E-state index < -0.39 is 16.7 Å². The summed E-state index contributed by atoms with van der Waals surface area (Å²) < 4.78 is 10.8. The third-order valence-electron chi connectivity index (χ3n) is 5.83. The van der Waals surface area contributed by atoms with Gasteiger partial charge in [-0.3, -0.25) is 24.6 Å². The average molecular weight is 471 g/mol. The molecule has 0 saturated carbocycles. The number of nitro groups is 1. The van der Waals surface area contributed by atoms with Crippen LogP contribution >= 0.6 is 11.6 Å². The largest absolute Gasteiger partial charge is 0.454 e. The zero-order valence-electron chi connectivity index (χ0n) is 17.4. The molecule has 33 heavy (non-hydrogen) atoms. The lowest BCUT2D eigenvalue weighted by Crippen LogP contribution is -2.47. The number of benzene rings is 2. The number of imide groups is 1. The third kappa shape index (κ3) is 3.87. The fourth-order valence-electron chi connectivity index (χ4n) is 4.17. The fraction of sp³-hybridized carbons (Fsp3) is 0.273. The molecule has 3 aliphatic rings. The Bertz CT molecular complexity index is 1190. The predicted octanol–water partition coefficient (Wildman–Crippen LogP) is 2.46. The predicted molar refractivity (Wildman–Crippen MR) is 118 cm³/mol. The fourth-order valence-corrected chi connectivity index (χ4v) is 4.46. The van der Waals surface area contributed by atoms with Crippen LogP contribution < -0.4 is 14.4 Å². The van der Waals surface area contributed by atoms with Crippen LogP contribution in [0.1, 0.15) is 5.56 Å². The van der Waals surface area contributed by atoms with Gasteiger partial charge in [-0.15, -0.1) is 0 Å². The van der Waals surface area contributed by atoms with Crippen LogP contribution in [0.15, 0.2) is 53.2 Å². The first kappa shape index (κ1) is 21.2. The molecule has 0 radical (unpaired) electrons. The number of non-ortho nitro benzene ring substituents is 1. The van der Waals surface area contributed by atoms with Crippen LogP contribution in [0.5, 0.6) is 11.5 Å². The van der Waals surface area contributed by atoms with Crippen molar-refractivity contribution in [2.45, 2.75) is 6.54 Å². The molecular formula is C22H19ClN4O6. The van der Waals surface area contributed by atoms with E-state index in [0.29, 0.717) is 32.7 Å². The highest BCUT2D eigenvalue weighted by Gasteiger charge is 2.42. The third-order valence-corrected chi connectivity index (χ3v) is 6.18. The van der Waals surface area contributed by atoms with Gasteiger partial charge >= 0.3 is 0 Å². The first-order valence-electron chi connectivity index (χ1n) is 10.3. The van der Waals surface area contributed by atoms with Crippen molar-refractivity contribution < 1.29 is 24.0 Å². The number of nitro benzene ring substituents is 1. The molecule has 3 aliphatic heterocycles. The van der Waals surface area contributed by atoms with Crippen LogP contribution in [0, 0.1) is 10.1 Å². The monoisotopic (exact) mass is 470 g/mol. The molecule has 11 heteroatoms. The molecule has 1 fully saturated rings. The number of ether oxygens (including phenoxy) is 2. The Labute approximate surface area is 193 Å². The number of rotatable bonds is 5. The van der Waals surface area contributed by atoms with E-state index in [1.54, 1.807) is 4.90 Å². The van der Waals surface area contributed by atoms with E-state index >= 15 is 0 Å². The van der Waals surface area contributed by atoms with Crippen LogP contribution in [-0.2, 0) is 16.1 Å². The average Bonchev–Trinajstić information content (AvgIpc) is 3.36. The van der Waals surface area contributed by atoms with E-state index in [0.717, 1.165) is 22.0 Å². The molecule has 0 atom stereocenters. The van der Waals surface area contributed by atoms with Crippen molar-refractivity contribution in [2.75, 3.05) is 37.9 Å². The zero-order chi connectivity index (χ0) is 23.1. The maximum Gasteiger partial charge on any atom is 0.283 e. The van der Waals surface area contributed by atoms with Gasteiger partial charge in [0.25, 0.3) is 17.5 Å². The number of hydrogen-bond acceptors (Lipinski definition) is 8. The molecule has 0 spiro atoms. The van der Waals surface area contributed by atoms with Gasteiger partial charge in [-0.1, -0.05) is 23.7 Å². The van der Waals surface area contributed by atoms with Gasteiger partial charge in [0.1, 0.15) is 10.7 Å². The van der Waals surface area contributed by atoms with Crippen LogP contribution in [0.3, 0.4) is 0 Å². The number of hydrogen-bond donors (Lipinski definition) is 0. The molecule has 1 saturated heterocycles. The van der Waals surface area contributed by atoms with E-state index in [9.17, 15) is 19.7 Å². The second-order valence-corrected chi connectivity index (χ2v) is 8.21. The summed E-state index contributed by atoms with van der Waals surface area (Å²) >= 11 is 6.28. The Morgan fingerprint density at radius 2 is 1.73 bits per heavy atom. The van der Waals surface area contributed by atoms with Crippen molar-refractivity contribution in [1.82, 2.24) is 9.80 Å². The molecule has 0 N–H and O–H groups in total. The smallest absolute Gasteiger partial charge is 0.283 e. The first-order chi connectivity index (χ1) is 15.9. The lowest BCUT2D eigenvalue weighted by molar-refractivity contribution is -0.384. The Kier molecular flexibility index (Phi) is 5.39. The van der Waals surface area contributed by atoms with Crippen molar-refractivity contribution >= 4 is 34.8 Å². The van der Waals surface area contributed by atoms with E-state index in [1.165, 1.54) is 24.3 Å². The van der Waals surface area contributed by atoms with E-state index in [1.807, 2.05) is 18.2 Å². The van der Waals surface area contributed by atoms with Crippen molar-refractivity contribution in [3.63, 3.8) is 0 Å². The molecular weight excluding hydrogens is 452 g/mol. The quantitative estimate of drug-likeness (QED) is 0.373. The molecule has 5 rings (SSSR count). The second kappa shape index (κ2) is 8.38. The SMILES string of the molecule is O=C1C(Cl)=C(N2CCN(Cc3ccc4c(c3)OCO4)CC2)C(=O)N1c1cccc([N+](=O)[O-])c1. The minimum Gasteiger partial charge on any atom is -0.454 e. The van der Waals surface area contributed by atoms with Gasteiger partial charge in [0.2, 0.25) is 6.79 Å². The second-order valence-electron chi connectivity index (χ2n) is 7.84. The summed E-state index contributed by atoms with van der Waals surface area (Å²) in [4.78, 5) is 41.3. The summed E-state index contributed by atoms with van der Waals surface area (Å²) in [6, 6.07) is 11.2. The molecule has 2 amide bonds. The lowest BCUT2D eigenvalue weighted by Gasteiger charge is -2.36. The molecule has 0 aromatic heterocycles. The van der Waals surface area contributed by atoms with Crippen LogP contribution in [0.4, 0.5) is 11.4 Å². The van der Waals surface area contributed by atoms with Crippen LogP contribution in [-0.4, -0.2) is 59.5 Å². The van der Waals surface area contributed by atoms with E-state index in [-0.39, 0.29) is 28.9 Å². The molecule has 2 aromatic rings. The highest BCUT2D eigenvalue weighted by atomic mass is 35.5. The molecule has 0 aliphatic carbocycles. The molecule has 2 aromatic carbocycles. The molecule has 0 unspecified atom stereocenters. The summed E-state index contributed by atoms with van der Waals surface area (Å²) in [5.41, 5.74) is 1.13. The van der Waals surface area contributed by atoms with Crippen molar-refractivity contribution in [3.8, 4) is 11.5 Å². The highest BCUT2D eigenvalue weighted by molar-refractivity contribution is 6.52. The Balaban J connectivity index is 1.26. The van der Waals surface area contributed by atoms with Gasteiger partial charge in [0.05, 0.1) is 10.6 Å². The number of halogens is 1. The molecule has 10 nitrogen and oxygen atoms in total. The van der Waals surface area contributed by atoms with Gasteiger partial charge in [-0.2, -0.15) is 0 Å². The first-order valence-corrected chi connectivity index (χ1v) is 10.7. The lowest BCUT2D eigenvalue weighted by atomic mass is 10.1. The Hall–Kier alpha value is -3.63. The van der Waals surface area contributed by atoms with Gasteiger partial charge < -0.3 is 14.4 Å². The number of anilines is 1. The molecule has 170 valence electrons. The van der Waals surface area contributed by atoms with Gasteiger partial charge in [0.15, 0.2) is 11.5 Å². The minimum absolute atomic E-state index is 0.119. The topological polar surface area (TPSA) is 105 Å². The highest BCUT2D eigenvalue weighted by Crippen LogP contribution is 2.34. The van der Waals surface area contributed by atoms with Gasteiger partial charge in [-0.25, -0.2) is 4.90 Å². The number of piperazine rings is 1. The summed E-state index contributed by atoms with van der Waals surface area (Å²) in [5.74, 6) is 0.219. The maximum atomic E-state index is 13.1. The number of nitrogens with zero attached hydrogens (tertiary/aromatic N) is 4. The number of carbonyl (C=O) groups is 2. The summed E-state index contributed by atoms with van der Waals surface area (Å²) in [7, 11) is 0. The van der Waals surface area contributed by atoms with Crippen molar-refractivity contribution in [2.24, 2.45) is 0 Å². The Morgan fingerprint density at radius 3 is 2.48 bits per heavy atom. The number of fused-ring (bicyclic) bond motifs is 1. The minimum atomic E-state index is -0.681. The summed E-state index contributed by atoms with van der Waals surface area (Å²) in [6.07, 6.45) is 0. The number of carbonyl (C=O) groups excluding carboxylic acids is 2. The zero-order valence-corrected chi connectivity index (χ0v) is 18.2. The van der Waals surface area contributed by atoms with Gasteiger partial charge in [-0.05, 0) is 23.8 Å². The summed E-state index contributed by atoms with van der Waals surface area (Å²) in [5, 5.41) is 10.9. The summed E-state index contributed by atoms with van der Waals surface area (Å²) in [6.45, 7) is 3.30. The molecule has 3 heterocycles. The Morgan fingerprint density at radius 1 is 0.970 bits per heavy atom. The van der Waals surface area contributed by atoms with Crippen LogP contribution in [0.2, 0.25) is 0 Å². The van der Waals surface area contributed by atoms with E-state index in [2.05, 4.69) is 4.90 Å². The molecule has 0 bridgehead atoms. The van der Waals surface area contributed by atoms with Gasteiger partial charge in [0, 0.05) is 44.9 Å². The van der Waals surface area contributed by atoms with E-state index in [4.69, 9.17) is 21.1 Å². The van der Waals surface area contributed by atoms with Crippen molar-refractivity contribution in [3.05, 3.63) is 68.9 Å².